The van der Waals surface area contributed by atoms with Gasteiger partial charge in [0.2, 0.25) is 0 Å². The van der Waals surface area contributed by atoms with Crippen molar-refractivity contribution in [3.8, 4) is 28.4 Å². The number of nitrogens with zero attached hydrogens (tertiary/aromatic N) is 2. The molecule has 0 radical (unpaired) electrons. The standard InChI is InChI=1S/C28H28ClN3O4/c1-28(2,33)13-19-14-34-25-22(15-35-24(19)25)36-27-30-21-12-20(29)23(31-26(21)32-27)18-10-8-17(9-11-18)16-6-4-3-5-7-16/h3-12,19,22,24-25,33H,13-15H2,1-2H3,(H,30,31,32). The minimum absolute atomic E-state index is 0.0937. The number of ether oxygens (including phenoxy) is 3. The molecular formula is C28H28ClN3O4. The molecule has 2 aromatic carbocycles. The average Bonchev–Trinajstić information content (AvgIpc) is 3.55. The Morgan fingerprint density at radius 1 is 0.972 bits per heavy atom. The van der Waals surface area contributed by atoms with Gasteiger partial charge in [0.25, 0.3) is 6.01 Å². The summed E-state index contributed by atoms with van der Waals surface area (Å²) in [6.07, 6.45) is 0.0377. The number of aromatic amines is 1. The minimum Gasteiger partial charge on any atom is -0.456 e. The number of rotatable bonds is 6. The van der Waals surface area contributed by atoms with Gasteiger partial charge in [-0.3, -0.25) is 0 Å². The number of imidazole rings is 1. The van der Waals surface area contributed by atoms with Crippen LogP contribution in [0.4, 0.5) is 0 Å². The van der Waals surface area contributed by atoms with Crippen molar-refractivity contribution in [2.45, 2.75) is 44.2 Å². The number of pyridine rings is 1. The zero-order chi connectivity index (χ0) is 24.9. The Balaban J connectivity index is 1.20. The van der Waals surface area contributed by atoms with E-state index in [0.717, 1.165) is 16.7 Å². The van der Waals surface area contributed by atoms with E-state index in [4.69, 9.17) is 30.8 Å². The highest BCUT2D eigenvalue weighted by Gasteiger charge is 2.50. The van der Waals surface area contributed by atoms with Gasteiger partial charge >= 0.3 is 0 Å². The lowest BCUT2D eigenvalue weighted by atomic mass is 9.89. The van der Waals surface area contributed by atoms with E-state index in [1.165, 1.54) is 0 Å². The quantitative estimate of drug-likeness (QED) is 0.371. The van der Waals surface area contributed by atoms with Crippen LogP contribution in [0, 0.1) is 5.92 Å². The van der Waals surface area contributed by atoms with Crippen molar-refractivity contribution in [2.75, 3.05) is 13.2 Å². The fourth-order valence-electron chi connectivity index (χ4n) is 5.21. The third kappa shape index (κ3) is 4.60. The molecule has 2 saturated heterocycles. The van der Waals surface area contributed by atoms with Crippen LogP contribution in [0.15, 0.2) is 60.7 Å². The average molecular weight is 506 g/mol. The highest BCUT2D eigenvalue weighted by Crippen LogP contribution is 2.37. The number of halogens is 1. The summed E-state index contributed by atoms with van der Waals surface area (Å²) in [5.74, 6) is 0.135. The van der Waals surface area contributed by atoms with Crippen LogP contribution in [0.25, 0.3) is 33.5 Å². The Hall–Kier alpha value is -2.97. The number of aromatic nitrogens is 3. The molecule has 0 amide bonds. The number of fused-ring (bicyclic) bond motifs is 2. The van der Waals surface area contributed by atoms with Crippen molar-refractivity contribution < 1.29 is 19.3 Å². The number of nitrogens with one attached hydrogen (secondary N) is 1. The first-order valence-electron chi connectivity index (χ1n) is 12.2. The Kier molecular flexibility index (Phi) is 5.96. The summed E-state index contributed by atoms with van der Waals surface area (Å²) < 4.78 is 18.1. The van der Waals surface area contributed by atoms with Crippen molar-refractivity contribution in [3.05, 3.63) is 65.7 Å². The molecule has 4 unspecified atom stereocenters. The highest BCUT2D eigenvalue weighted by atomic mass is 35.5. The number of benzene rings is 2. The maximum absolute atomic E-state index is 10.2. The maximum Gasteiger partial charge on any atom is 0.296 e. The van der Waals surface area contributed by atoms with Crippen LogP contribution in [0.2, 0.25) is 5.02 Å². The van der Waals surface area contributed by atoms with Gasteiger partial charge in [-0.25, -0.2) is 4.98 Å². The summed E-state index contributed by atoms with van der Waals surface area (Å²) in [5.41, 5.74) is 4.32. The van der Waals surface area contributed by atoms with Gasteiger partial charge < -0.3 is 24.3 Å². The van der Waals surface area contributed by atoms with E-state index >= 15 is 0 Å². The molecule has 0 aliphatic carbocycles. The van der Waals surface area contributed by atoms with Crippen molar-refractivity contribution in [3.63, 3.8) is 0 Å². The lowest BCUT2D eigenvalue weighted by Crippen LogP contribution is -2.35. The molecule has 2 aromatic heterocycles. The van der Waals surface area contributed by atoms with Gasteiger partial charge in [-0.2, -0.15) is 4.98 Å². The number of hydrogen-bond acceptors (Lipinski definition) is 6. The van der Waals surface area contributed by atoms with Crippen LogP contribution in [0.1, 0.15) is 20.3 Å². The van der Waals surface area contributed by atoms with Gasteiger partial charge in [-0.1, -0.05) is 66.2 Å². The lowest BCUT2D eigenvalue weighted by Gasteiger charge is -2.23. The van der Waals surface area contributed by atoms with Crippen LogP contribution >= 0.6 is 11.6 Å². The molecule has 2 aliphatic heterocycles. The van der Waals surface area contributed by atoms with Gasteiger partial charge in [0.05, 0.1) is 41.2 Å². The normalized spacial score (nSPS) is 23.8. The topological polar surface area (TPSA) is 89.5 Å². The zero-order valence-electron chi connectivity index (χ0n) is 20.1. The van der Waals surface area contributed by atoms with Gasteiger partial charge in [-0.05, 0) is 37.5 Å². The third-order valence-corrected chi connectivity index (χ3v) is 7.09. The molecule has 7 nitrogen and oxygen atoms in total. The van der Waals surface area contributed by atoms with Crippen molar-refractivity contribution in [2.24, 2.45) is 5.92 Å². The Labute approximate surface area is 214 Å². The molecule has 0 bridgehead atoms. The monoisotopic (exact) mass is 505 g/mol. The van der Waals surface area contributed by atoms with E-state index in [2.05, 4.69) is 34.2 Å². The minimum atomic E-state index is -0.769. The summed E-state index contributed by atoms with van der Waals surface area (Å²) in [4.78, 5) is 12.5. The van der Waals surface area contributed by atoms with E-state index in [1.54, 1.807) is 0 Å². The van der Waals surface area contributed by atoms with E-state index in [0.29, 0.717) is 47.5 Å². The van der Waals surface area contributed by atoms with Gasteiger partial charge in [-0.15, -0.1) is 0 Å². The summed E-state index contributed by atoms with van der Waals surface area (Å²) in [7, 11) is 0. The summed E-state index contributed by atoms with van der Waals surface area (Å²) in [6, 6.07) is 20.6. The molecule has 2 aliphatic rings. The van der Waals surface area contributed by atoms with E-state index in [1.807, 2.05) is 50.2 Å². The first-order chi connectivity index (χ1) is 17.3. The molecule has 6 rings (SSSR count). The molecule has 4 aromatic rings. The molecular weight excluding hydrogens is 478 g/mol. The van der Waals surface area contributed by atoms with Crippen LogP contribution in [0.5, 0.6) is 6.01 Å². The summed E-state index contributed by atoms with van der Waals surface area (Å²) in [6.45, 7) is 4.56. The second kappa shape index (κ2) is 9.16. The first kappa shape index (κ1) is 23.4. The Morgan fingerprint density at radius 2 is 1.67 bits per heavy atom. The fraction of sp³-hybridized carbons (Fsp3) is 0.357. The molecule has 4 atom stereocenters. The second-order valence-electron chi connectivity index (χ2n) is 10.2. The SMILES string of the molecule is CC(C)(O)CC1COC2C(Oc3nc4nc(-c5ccc(-c6ccccc6)cc5)c(Cl)cc4[nH]3)COC12. The number of aliphatic hydroxyl groups is 1. The third-order valence-electron chi connectivity index (χ3n) is 6.81. The molecule has 2 N–H and O–H groups in total. The van der Waals surface area contributed by atoms with Gasteiger partial charge in [0.15, 0.2) is 11.8 Å². The fourth-order valence-corrected chi connectivity index (χ4v) is 5.47. The zero-order valence-corrected chi connectivity index (χ0v) is 20.9. The first-order valence-corrected chi connectivity index (χ1v) is 12.6. The van der Waals surface area contributed by atoms with E-state index < -0.39 is 5.60 Å². The molecule has 2 fully saturated rings. The van der Waals surface area contributed by atoms with Crippen molar-refractivity contribution in [1.29, 1.82) is 0 Å². The molecule has 0 spiro atoms. The Bertz CT molecular complexity index is 1370. The second-order valence-corrected chi connectivity index (χ2v) is 10.6. The van der Waals surface area contributed by atoms with Crippen LogP contribution < -0.4 is 4.74 Å². The number of hydrogen-bond donors (Lipinski definition) is 2. The predicted octanol–water partition coefficient (Wildman–Crippen LogP) is 5.27. The maximum atomic E-state index is 10.2. The van der Waals surface area contributed by atoms with E-state index in [9.17, 15) is 5.11 Å². The lowest BCUT2D eigenvalue weighted by molar-refractivity contribution is 0.00655. The molecule has 186 valence electrons. The highest BCUT2D eigenvalue weighted by molar-refractivity contribution is 6.33. The van der Waals surface area contributed by atoms with E-state index in [-0.39, 0.29) is 24.2 Å². The van der Waals surface area contributed by atoms with Gasteiger partial charge in [0.1, 0.15) is 6.10 Å². The van der Waals surface area contributed by atoms with Crippen LogP contribution in [-0.2, 0) is 9.47 Å². The largest absolute Gasteiger partial charge is 0.456 e. The molecule has 4 heterocycles. The number of H-pyrrole nitrogens is 1. The van der Waals surface area contributed by atoms with Crippen molar-refractivity contribution in [1.82, 2.24) is 15.0 Å². The van der Waals surface area contributed by atoms with Crippen LogP contribution in [0.3, 0.4) is 0 Å². The summed E-state index contributed by atoms with van der Waals surface area (Å²) in [5, 5.41) is 10.7. The Morgan fingerprint density at radius 3 is 2.42 bits per heavy atom. The smallest absolute Gasteiger partial charge is 0.296 e. The van der Waals surface area contributed by atoms with Gasteiger partial charge in [0, 0.05) is 11.5 Å². The molecule has 0 saturated carbocycles. The molecule has 36 heavy (non-hydrogen) atoms. The van der Waals surface area contributed by atoms with Crippen LogP contribution in [-0.4, -0.2) is 57.2 Å². The van der Waals surface area contributed by atoms with Crippen molar-refractivity contribution >= 4 is 22.8 Å². The summed E-state index contributed by atoms with van der Waals surface area (Å²) >= 11 is 6.60. The predicted molar refractivity (Wildman–Crippen MR) is 138 cm³/mol. The molecule has 8 heteroatoms.